The van der Waals surface area contributed by atoms with Gasteiger partial charge in [-0.15, -0.1) is 0 Å². The summed E-state index contributed by atoms with van der Waals surface area (Å²) in [5.41, 5.74) is 4.85. The van der Waals surface area contributed by atoms with Gasteiger partial charge < -0.3 is 4.98 Å². The van der Waals surface area contributed by atoms with E-state index in [0.717, 1.165) is 65.1 Å². The molecule has 3 aromatic carbocycles. The van der Waals surface area contributed by atoms with Gasteiger partial charge in [-0.1, -0.05) is 65.1 Å². The first kappa shape index (κ1) is 22.8. The number of aromatic nitrogens is 1. The van der Waals surface area contributed by atoms with Crippen molar-refractivity contribution < 1.29 is 0 Å². The Labute approximate surface area is 209 Å². The lowest BCUT2D eigenvalue weighted by Gasteiger charge is -2.32. The number of fused-ring (bicyclic) bond motifs is 1. The lowest BCUT2D eigenvalue weighted by atomic mass is 9.97. The summed E-state index contributed by atoms with van der Waals surface area (Å²) in [6.45, 7) is 4.95. The minimum atomic E-state index is 0.169. The van der Waals surface area contributed by atoms with Crippen LogP contribution in [0.3, 0.4) is 0 Å². The van der Waals surface area contributed by atoms with Crippen molar-refractivity contribution in [3.63, 3.8) is 0 Å². The van der Waals surface area contributed by atoms with Crippen LogP contribution in [-0.2, 0) is 6.54 Å². The molecule has 170 valence electrons. The van der Waals surface area contributed by atoms with Gasteiger partial charge in [-0.05, 0) is 66.1 Å². The lowest BCUT2D eigenvalue weighted by Crippen LogP contribution is -2.34. The van der Waals surface area contributed by atoms with Gasteiger partial charge in [0.1, 0.15) is 0 Å². The predicted octanol–water partition coefficient (Wildman–Crippen LogP) is 7.43. The molecule has 1 saturated heterocycles. The van der Waals surface area contributed by atoms with Gasteiger partial charge in [-0.2, -0.15) is 0 Å². The lowest BCUT2D eigenvalue weighted by molar-refractivity contribution is 0.221. The summed E-state index contributed by atoms with van der Waals surface area (Å²) in [7, 11) is 0. The van der Waals surface area contributed by atoms with Crippen molar-refractivity contribution >= 4 is 45.7 Å². The van der Waals surface area contributed by atoms with Crippen LogP contribution in [0.5, 0.6) is 0 Å². The average Bonchev–Trinajstić information content (AvgIpc) is 3.09. The normalized spacial score (nSPS) is 15.9. The molecule has 0 amide bonds. The second-order valence-electron chi connectivity index (χ2n) is 8.65. The van der Waals surface area contributed by atoms with Gasteiger partial charge in [-0.3, -0.25) is 9.80 Å². The van der Waals surface area contributed by atoms with E-state index in [1.54, 1.807) is 0 Å². The van der Waals surface area contributed by atoms with E-state index >= 15 is 0 Å². The van der Waals surface area contributed by atoms with Crippen molar-refractivity contribution in [1.29, 1.82) is 0 Å². The predicted molar refractivity (Wildman–Crippen MR) is 140 cm³/mol. The van der Waals surface area contributed by atoms with Gasteiger partial charge in [0, 0.05) is 53.3 Å². The number of hydrogen-bond acceptors (Lipinski definition) is 2. The van der Waals surface area contributed by atoms with Crippen LogP contribution in [0.2, 0.25) is 15.1 Å². The summed E-state index contributed by atoms with van der Waals surface area (Å²) in [5.74, 6) is 0. The van der Waals surface area contributed by atoms with E-state index in [4.69, 9.17) is 34.8 Å². The molecule has 5 rings (SSSR count). The number of halogens is 3. The van der Waals surface area contributed by atoms with Crippen LogP contribution in [0.15, 0.2) is 72.9 Å². The molecule has 2 heterocycles. The standard InChI is InChI=1S/C27H26Cl3N3/c28-22-9-5-19(6-10-22)27(20-7-11-23(29)12-8-20)33-14-2-13-32(15-16-33)18-21-17-31-25-4-1-3-24(30)26(21)25/h1,3-12,17,27,31H,2,13-16,18H2. The van der Waals surface area contributed by atoms with E-state index in [9.17, 15) is 0 Å². The third kappa shape index (κ3) is 5.08. The first-order chi connectivity index (χ1) is 16.1. The van der Waals surface area contributed by atoms with E-state index in [1.165, 1.54) is 16.7 Å². The molecule has 1 aliphatic rings. The first-order valence-electron chi connectivity index (χ1n) is 11.3. The second-order valence-corrected chi connectivity index (χ2v) is 9.93. The van der Waals surface area contributed by atoms with Crippen LogP contribution in [0.25, 0.3) is 10.9 Å². The monoisotopic (exact) mass is 497 g/mol. The molecule has 1 N–H and O–H groups in total. The maximum absolute atomic E-state index is 6.51. The summed E-state index contributed by atoms with van der Waals surface area (Å²) < 4.78 is 0. The van der Waals surface area contributed by atoms with Crippen LogP contribution < -0.4 is 0 Å². The molecule has 4 aromatic rings. The largest absolute Gasteiger partial charge is 0.361 e. The van der Waals surface area contributed by atoms with Gasteiger partial charge in [0.2, 0.25) is 0 Å². The summed E-state index contributed by atoms with van der Waals surface area (Å²) in [4.78, 5) is 8.48. The first-order valence-corrected chi connectivity index (χ1v) is 12.4. The fourth-order valence-corrected chi connectivity index (χ4v) is 5.43. The molecule has 0 atom stereocenters. The Morgan fingerprint density at radius 1 is 0.758 bits per heavy atom. The maximum Gasteiger partial charge on any atom is 0.0602 e. The van der Waals surface area contributed by atoms with Crippen molar-refractivity contribution in [3.05, 3.63) is 105 Å². The van der Waals surface area contributed by atoms with E-state index < -0.39 is 0 Å². The molecular formula is C27H26Cl3N3. The molecule has 0 aliphatic carbocycles. The highest BCUT2D eigenvalue weighted by molar-refractivity contribution is 6.35. The molecule has 0 spiro atoms. The smallest absolute Gasteiger partial charge is 0.0602 e. The zero-order valence-electron chi connectivity index (χ0n) is 18.3. The third-order valence-corrected chi connectivity index (χ3v) is 7.31. The van der Waals surface area contributed by atoms with E-state index in [0.29, 0.717) is 0 Å². The molecule has 0 radical (unpaired) electrons. The molecule has 1 fully saturated rings. The second kappa shape index (κ2) is 10.1. The highest BCUT2D eigenvalue weighted by Crippen LogP contribution is 2.32. The van der Waals surface area contributed by atoms with Crippen LogP contribution >= 0.6 is 34.8 Å². The number of hydrogen-bond donors (Lipinski definition) is 1. The van der Waals surface area contributed by atoms with Crippen LogP contribution in [-0.4, -0.2) is 41.0 Å². The molecule has 0 saturated carbocycles. The zero-order valence-corrected chi connectivity index (χ0v) is 20.5. The molecule has 6 heteroatoms. The molecule has 0 unspecified atom stereocenters. The van der Waals surface area contributed by atoms with Crippen molar-refractivity contribution in [3.8, 4) is 0 Å². The Kier molecular flexibility index (Phi) is 6.96. The van der Waals surface area contributed by atoms with Crippen LogP contribution in [0.1, 0.15) is 29.2 Å². The maximum atomic E-state index is 6.51. The average molecular weight is 499 g/mol. The summed E-state index contributed by atoms with van der Waals surface area (Å²) >= 11 is 18.9. The quantitative estimate of drug-likeness (QED) is 0.309. The number of rotatable bonds is 5. The topological polar surface area (TPSA) is 22.3 Å². The highest BCUT2D eigenvalue weighted by Gasteiger charge is 2.25. The van der Waals surface area contributed by atoms with E-state index in [1.807, 2.05) is 36.4 Å². The van der Waals surface area contributed by atoms with E-state index in [2.05, 4.69) is 51.3 Å². The fraction of sp³-hybridized carbons (Fsp3) is 0.259. The van der Waals surface area contributed by atoms with Crippen LogP contribution in [0.4, 0.5) is 0 Å². The van der Waals surface area contributed by atoms with Crippen molar-refractivity contribution in [2.75, 3.05) is 26.2 Å². The Balaban J connectivity index is 1.37. The highest BCUT2D eigenvalue weighted by atomic mass is 35.5. The molecule has 0 bridgehead atoms. The van der Waals surface area contributed by atoms with Gasteiger partial charge in [0.05, 0.1) is 11.1 Å². The minimum Gasteiger partial charge on any atom is -0.361 e. The minimum absolute atomic E-state index is 0.169. The van der Waals surface area contributed by atoms with Crippen molar-refractivity contribution in [2.24, 2.45) is 0 Å². The van der Waals surface area contributed by atoms with Gasteiger partial charge in [0.15, 0.2) is 0 Å². The third-order valence-electron chi connectivity index (χ3n) is 6.49. The Morgan fingerprint density at radius 3 is 2.09 bits per heavy atom. The van der Waals surface area contributed by atoms with Gasteiger partial charge >= 0.3 is 0 Å². The SMILES string of the molecule is Clc1ccc(C(c2ccc(Cl)cc2)N2CCCN(Cc3c[nH]c4cccc(Cl)c34)CC2)cc1. The summed E-state index contributed by atoms with van der Waals surface area (Å²) in [6.07, 6.45) is 3.21. The van der Waals surface area contributed by atoms with Crippen LogP contribution in [0, 0.1) is 0 Å². The zero-order chi connectivity index (χ0) is 22.8. The summed E-state index contributed by atoms with van der Waals surface area (Å²) in [6, 6.07) is 22.7. The van der Waals surface area contributed by atoms with Crippen molar-refractivity contribution in [1.82, 2.24) is 14.8 Å². The van der Waals surface area contributed by atoms with Crippen molar-refractivity contribution in [2.45, 2.75) is 19.0 Å². The Bertz CT molecular complexity index is 1170. The molecule has 1 aliphatic heterocycles. The number of nitrogens with one attached hydrogen (secondary N) is 1. The number of benzene rings is 3. The molecule has 1 aromatic heterocycles. The number of aromatic amines is 1. The van der Waals surface area contributed by atoms with E-state index in [-0.39, 0.29) is 6.04 Å². The number of nitrogens with zero attached hydrogens (tertiary/aromatic N) is 2. The summed E-state index contributed by atoms with van der Waals surface area (Å²) in [5, 5.41) is 3.47. The number of H-pyrrole nitrogens is 1. The molecular weight excluding hydrogens is 473 g/mol. The molecule has 33 heavy (non-hydrogen) atoms. The van der Waals surface area contributed by atoms with Gasteiger partial charge in [-0.25, -0.2) is 0 Å². The molecule has 3 nitrogen and oxygen atoms in total. The van der Waals surface area contributed by atoms with Gasteiger partial charge in [0.25, 0.3) is 0 Å². The fourth-order valence-electron chi connectivity index (χ4n) is 4.88. The Morgan fingerprint density at radius 2 is 1.42 bits per heavy atom. The Hall–Kier alpha value is -2.01.